The second kappa shape index (κ2) is 9.24. The lowest BCUT2D eigenvalue weighted by Crippen LogP contribution is -2.31. The highest BCUT2D eigenvalue weighted by molar-refractivity contribution is 8.26. The molecule has 0 unspecified atom stereocenters. The van der Waals surface area contributed by atoms with Crippen molar-refractivity contribution in [1.82, 2.24) is 4.90 Å². The van der Waals surface area contributed by atoms with E-state index in [1.165, 1.54) is 4.90 Å². The molecule has 0 bridgehead atoms. The second-order valence-corrected chi connectivity index (χ2v) is 8.25. The molecule has 0 radical (unpaired) electrons. The highest BCUT2D eigenvalue weighted by Gasteiger charge is 2.32. The van der Waals surface area contributed by atoms with E-state index in [0.29, 0.717) is 14.2 Å². The molecular formula is C19H14ClN3O5S2. The lowest BCUT2D eigenvalue weighted by molar-refractivity contribution is -0.384. The molecule has 1 heterocycles. The Bertz CT molecular complexity index is 1070. The van der Waals surface area contributed by atoms with Crippen LogP contribution >= 0.6 is 35.6 Å². The number of phenolic OH excluding ortho intramolecular Hbond substituents is 1. The van der Waals surface area contributed by atoms with Crippen LogP contribution in [0.5, 0.6) is 5.75 Å². The van der Waals surface area contributed by atoms with E-state index in [2.05, 4.69) is 5.32 Å². The number of hydrogen-bond donors (Lipinski definition) is 2. The summed E-state index contributed by atoms with van der Waals surface area (Å²) in [5, 5.41) is 23.6. The predicted molar refractivity (Wildman–Crippen MR) is 119 cm³/mol. The minimum absolute atomic E-state index is 0.0319. The fourth-order valence-electron chi connectivity index (χ4n) is 2.57. The zero-order chi connectivity index (χ0) is 21.8. The summed E-state index contributed by atoms with van der Waals surface area (Å²) in [6, 6.07) is 10.3. The summed E-state index contributed by atoms with van der Waals surface area (Å²) in [6.07, 6.45) is 1.58. The number of anilines is 1. The number of nitro benzene ring substituents is 1. The number of nitrogens with zero attached hydrogens (tertiary/aromatic N) is 2. The summed E-state index contributed by atoms with van der Waals surface area (Å²) in [4.78, 5) is 36.8. The first-order valence-corrected chi connectivity index (χ1v) is 10.1. The lowest BCUT2D eigenvalue weighted by atomic mass is 10.2. The van der Waals surface area contributed by atoms with Gasteiger partial charge in [-0.15, -0.1) is 0 Å². The van der Waals surface area contributed by atoms with Gasteiger partial charge in [0.15, 0.2) is 0 Å². The molecule has 0 aromatic heterocycles. The van der Waals surface area contributed by atoms with E-state index >= 15 is 0 Å². The zero-order valence-electron chi connectivity index (χ0n) is 15.2. The Hall–Kier alpha value is -2.95. The second-order valence-electron chi connectivity index (χ2n) is 6.14. The largest absolute Gasteiger partial charge is 0.506 e. The van der Waals surface area contributed by atoms with E-state index in [1.54, 1.807) is 30.3 Å². The third-order valence-electron chi connectivity index (χ3n) is 4.07. The normalized spacial score (nSPS) is 15.0. The first kappa shape index (κ1) is 21.8. The van der Waals surface area contributed by atoms with Crippen LogP contribution in [0.2, 0.25) is 5.02 Å². The van der Waals surface area contributed by atoms with Crippen LogP contribution in [-0.4, -0.2) is 37.6 Å². The molecule has 0 spiro atoms. The fraction of sp³-hybridized carbons (Fsp3) is 0.105. The van der Waals surface area contributed by atoms with E-state index in [9.17, 15) is 24.8 Å². The molecule has 3 rings (SSSR count). The Morgan fingerprint density at radius 2 is 2.00 bits per heavy atom. The molecule has 11 heteroatoms. The maximum atomic E-state index is 12.6. The van der Waals surface area contributed by atoms with Crippen LogP contribution in [0.15, 0.2) is 47.4 Å². The Kier molecular flexibility index (Phi) is 6.70. The highest BCUT2D eigenvalue weighted by atomic mass is 35.5. The molecule has 0 atom stereocenters. The van der Waals surface area contributed by atoms with Crippen molar-refractivity contribution in [3.63, 3.8) is 0 Å². The molecule has 1 aliphatic heterocycles. The highest BCUT2D eigenvalue weighted by Crippen LogP contribution is 2.33. The van der Waals surface area contributed by atoms with Gasteiger partial charge in [0, 0.05) is 30.1 Å². The standard InChI is InChI=1S/C19H14ClN3O5S2/c20-12-3-1-11(2-4-12)9-16-18(26)22(19(29)30-16)8-7-17(25)21-14-10-13(23(27)28)5-6-15(14)24/h1-6,9-10,24H,7-8H2,(H,21,25)/b16-9-. The van der Waals surface area contributed by atoms with Crippen LogP contribution in [0.3, 0.4) is 0 Å². The van der Waals surface area contributed by atoms with Gasteiger partial charge in [0.25, 0.3) is 11.6 Å². The van der Waals surface area contributed by atoms with Gasteiger partial charge in [-0.2, -0.15) is 0 Å². The van der Waals surface area contributed by atoms with Gasteiger partial charge in [-0.05, 0) is 29.8 Å². The number of nitrogens with one attached hydrogen (secondary N) is 1. The lowest BCUT2D eigenvalue weighted by Gasteiger charge is -2.14. The fourth-order valence-corrected chi connectivity index (χ4v) is 4.00. The summed E-state index contributed by atoms with van der Waals surface area (Å²) in [6.45, 7) is 0.0319. The van der Waals surface area contributed by atoms with Gasteiger partial charge in [0.05, 0.1) is 15.5 Å². The van der Waals surface area contributed by atoms with Gasteiger partial charge >= 0.3 is 0 Å². The molecule has 1 aliphatic rings. The first-order valence-electron chi connectivity index (χ1n) is 8.53. The van der Waals surface area contributed by atoms with Crippen LogP contribution in [0.1, 0.15) is 12.0 Å². The van der Waals surface area contributed by atoms with Crippen molar-refractivity contribution < 1.29 is 19.6 Å². The van der Waals surface area contributed by atoms with E-state index < -0.39 is 10.8 Å². The average molecular weight is 464 g/mol. The summed E-state index contributed by atoms with van der Waals surface area (Å²) in [5.41, 5.74) is 0.438. The first-order chi connectivity index (χ1) is 14.2. The van der Waals surface area contributed by atoms with Crippen molar-refractivity contribution >= 4 is 69.2 Å². The Morgan fingerprint density at radius 1 is 1.30 bits per heavy atom. The van der Waals surface area contributed by atoms with Gasteiger partial charge in [-0.3, -0.25) is 24.6 Å². The van der Waals surface area contributed by atoms with Gasteiger partial charge in [0.1, 0.15) is 10.1 Å². The number of phenols is 1. The van der Waals surface area contributed by atoms with Gasteiger partial charge in [-0.25, -0.2) is 0 Å². The molecule has 2 N–H and O–H groups in total. The van der Waals surface area contributed by atoms with Crippen molar-refractivity contribution in [1.29, 1.82) is 0 Å². The summed E-state index contributed by atoms with van der Waals surface area (Å²) in [7, 11) is 0. The van der Waals surface area contributed by atoms with Crippen LogP contribution in [0.25, 0.3) is 6.08 Å². The number of amides is 2. The van der Waals surface area contributed by atoms with E-state index in [0.717, 1.165) is 35.5 Å². The molecule has 2 aromatic carbocycles. The SMILES string of the molecule is O=C(CCN1C(=O)/C(=C/c2ccc(Cl)cc2)SC1=S)Nc1cc([N+](=O)[O-])ccc1O. The van der Waals surface area contributed by atoms with E-state index in [4.69, 9.17) is 23.8 Å². The number of thiocarbonyl (C=S) groups is 1. The summed E-state index contributed by atoms with van der Waals surface area (Å²) >= 11 is 12.2. The molecular weight excluding hydrogens is 450 g/mol. The van der Waals surface area contributed by atoms with Crippen LogP contribution in [-0.2, 0) is 9.59 Å². The zero-order valence-corrected chi connectivity index (χ0v) is 17.6. The molecule has 2 amide bonds. The number of nitro groups is 1. The van der Waals surface area contributed by atoms with Crippen molar-refractivity contribution in [2.24, 2.45) is 0 Å². The minimum Gasteiger partial charge on any atom is -0.506 e. The van der Waals surface area contributed by atoms with E-state index in [-0.39, 0.29) is 36.0 Å². The van der Waals surface area contributed by atoms with Crippen molar-refractivity contribution in [3.8, 4) is 5.75 Å². The number of thioether (sulfide) groups is 1. The molecule has 1 saturated heterocycles. The molecule has 8 nitrogen and oxygen atoms in total. The molecule has 154 valence electrons. The Labute approximate surface area is 185 Å². The van der Waals surface area contributed by atoms with Gasteiger partial charge in [-0.1, -0.05) is 47.7 Å². The topological polar surface area (TPSA) is 113 Å². The third kappa shape index (κ3) is 5.15. The maximum Gasteiger partial charge on any atom is 0.271 e. The molecule has 0 aliphatic carbocycles. The molecule has 2 aromatic rings. The maximum absolute atomic E-state index is 12.6. The Morgan fingerprint density at radius 3 is 2.67 bits per heavy atom. The van der Waals surface area contributed by atoms with Gasteiger partial charge < -0.3 is 10.4 Å². The smallest absolute Gasteiger partial charge is 0.271 e. The summed E-state index contributed by atoms with van der Waals surface area (Å²) < 4.78 is 0.325. The molecule has 1 fully saturated rings. The molecule has 30 heavy (non-hydrogen) atoms. The number of benzene rings is 2. The minimum atomic E-state index is -0.637. The van der Waals surface area contributed by atoms with Gasteiger partial charge in [0.2, 0.25) is 5.91 Å². The van der Waals surface area contributed by atoms with Crippen molar-refractivity contribution in [2.75, 3.05) is 11.9 Å². The monoisotopic (exact) mass is 463 g/mol. The average Bonchev–Trinajstić information content (AvgIpc) is 2.96. The third-order valence-corrected chi connectivity index (χ3v) is 5.70. The van der Waals surface area contributed by atoms with Crippen molar-refractivity contribution in [2.45, 2.75) is 6.42 Å². The number of halogens is 1. The van der Waals surface area contributed by atoms with Crippen LogP contribution in [0, 0.1) is 10.1 Å². The molecule has 0 saturated carbocycles. The van der Waals surface area contributed by atoms with Crippen LogP contribution < -0.4 is 5.32 Å². The van der Waals surface area contributed by atoms with E-state index in [1.807, 2.05) is 0 Å². The number of carbonyl (C=O) groups is 2. The van der Waals surface area contributed by atoms with Crippen LogP contribution in [0.4, 0.5) is 11.4 Å². The quantitative estimate of drug-likeness (QED) is 0.217. The summed E-state index contributed by atoms with van der Waals surface area (Å²) in [5.74, 6) is -1.14. The van der Waals surface area contributed by atoms with Crippen molar-refractivity contribution in [3.05, 3.63) is 68.1 Å². The Balaban J connectivity index is 1.63. The number of aromatic hydroxyl groups is 1. The number of rotatable bonds is 6. The predicted octanol–water partition coefficient (Wildman–Crippen LogP) is 4.18. The number of carbonyl (C=O) groups excluding carboxylic acids is 2. The number of hydrogen-bond acceptors (Lipinski definition) is 7. The number of non-ortho nitro benzene ring substituents is 1.